The molecule has 5 atom stereocenters. The Morgan fingerprint density at radius 2 is 1.38 bits per heavy atom. The number of benzene rings is 1. The predicted octanol–water partition coefficient (Wildman–Crippen LogP) is -3.43. The maximum Gasteiger partial charge on any atom is 0.326 e. The summed E-state index contributed by atoms with van der Waals surface area (Å²) in [4.78, 5) is 91.8. The number of carboxylic acids is 1. The summed E-state index contributed by atoms with van der Waals surface area (Å²) in [5.41, 5.74) is 20.4. The average Bonchev–Trinajstić information content (AvgIpc) is 3.00. The second kappa shape index (κ2) is 19.5. The molecular weight excluding hydrogens is 662 g/mol. The van der Waals surface area contributed by atoms with Crippen molar-refractivity contribution < 1.29 is 54.0 Å². The molecule has 0 bridgehead atoms. The van der Waals surface area contributed by atoms with E-state index in [-0.39, 0.29) is 24.1 Å². The van der Waals surface area contributed by atoms with Crippen LogP contribution in [0.1, 0.15) is 70.0 Å². The van der Waals surface area contributed by atoms with Gasteiger partial charge in [0, 0.05) is 6.42 Å². The van der Waals surface area contributed by atoms with E-state index in [9.17, 15) is 54.0 Å². The number of phenols is 2. The summed E-state index contributed by atoms with van der Waals surface area (Å²) in [6, 6.07) is -5.74. The molecule has 0 aliphatic carbocycles. The zero-order chi connectivity index (χ0) is 38.3. The van der Waals surface area contributed by atoms with Gasteiger partial charge in [-0.25, -0.2) is 9.79 Å². The van der Waals surface area contributed by atoms with E-state index in [0.29, 0.717) is 19.1 Å². The van der Waals surface area contributed by atoms with E-state index < -0.39 is 108 Å². The summed E-state index contributed by atoms with van der Waals surface area (Å²) in [6.07, 6.45) is -0.178. The Bertz CT molecular complexity index is 1420. The van der Waals surface area contributed by atoms with Crippen LogP contribution in [0.2, 0.25) is 0 Å². The maximum atomic E-state index is 13.6. The molecule has 20 nitrogen and oxygen atoms in total. The first-order valence-corrected chi connectivity index (χ1v) is 15.4. The van der Waals surface area contributed by atoms with Gasteiger partial charge in [0.15, 0.2) is 12.0 Å². The zero-order valence-corrected chi connectivity index (χ0v) is 28.0. The van der Waals surface area contributed by atoms with E-state index in [1.54, 1.807) is 20.8 Å². The van der Waals surface area contributed by atoms with Crippen LogP contribution in [-0.4, -0.2) is 98.9 Å². The number of aliphatic imine (C=N–C) groups is 1. The van der Waals surface area contributed by atoms with Gasteiger partial charge in [-0.2, -0.15) is 0 Å². The molecule has 0 aliphatic rings. The molecule has 0 saturated carbocycles. The van der Waals surface area contributed by atoms with Gasteiger partial charge >= 0.3 is 5.97 Å². The van der Waals surface area contributed by atoms with Gasteiger partial charge in [-0.1, -0.05) is 20.8 Å². The van der Waals surface area contributed by atoms with Crippen molar-refractivity contribution in [2.75, 3.05) is 6.54 Å². The largest absolute Gasteiger partial charge is 0.507 e. The lowest BCUT2D eigenvalue weighted by atomic mass is 9.85. The number of aliphatic carboxylic acids is 1. The number of nitrogens with zero attached hydrogens (tertiary/aromatic N) is 1. The van der Waals surface area contributed by atoms with Crippen molar-refractivity contribution in [2.24, 2.45) is 33.3 Å². The number of aldehydes is 1. The second-order valence-corrected chi connectivity index (χ2v) is 12.3. The smallest absolute Gasteiger partial charge is 0.326 e. The first-order valence-electron chi connectivity index (χ1n) is 15.4. The minimum absolute atomic E-state index is 0.0178. The SMILES string of the molecule is CC(C)(C)C(NC(=O)C(CC(N)=O)NC(=O)C(N=C(N)N)c1cc(O)c(CO)c(O)c1)C(=O)NC(CCCCN)C(=O)NC(CC=O)C(=O)O. The van der Waals surface area contributed by atoms with Crippen molar-refractivity contribution in [3.05, 3.63) is 23.3 Å². The monoisotopic (exact) mass is 709 g/mol. The Labute approximate surface area is 287 Å². The molecule has 0 heterocycles. The maximum absolute atomic E-state index is 13.6. The van der Waals surface area contributed by atoms with Crippen molar-refractivity contribution in [1.82, 2.24) is 21.3 Å². The van der Waals surface area contributed by atoms with Crippen LogP contribution in [0.15, 0.2) is 17.1 Å². The van der Waals surface area contributed by atoms with Crippen LogP contribution in [0.3, 0.4) is 0 Å². The number of aliphatic hydroxyl groups is 1. The fourth-order valence-corrected chi connectivity index (χ4v) is 4.60. The van der Waals surface area contributed by atoms with E-state index in [1.807, 2.05) is 0 Å². The number of nitrogens with two attached hydrogens (primary N) is 4. The van der Waals surface area contributed by atoms with Gasteiger partial charge in [0.25, 0.3) is 0 Å². The van der Waals surface area contributed by atoms with Gasteiger partial charge in [-0.3, -0.25) is 24.0 Å². The van der Waals surface area contributed by atoms with Gasteiger partial charge < -0.3 is 69.4 Å². The molecule has 278 valence electrons. The Kier molecular flexibility index (Phi) is 16.6. The molecule has 20 heteroatoms. The van der Waals surface area contributed by atoms with Gasteiger partial charge in [-0.15, -0.1) is 0 Å². The quantitative estimate of drug-likeness (QED) is 0.0271. The number of carbonyl (C=O) groups is 7. The minimum atomic E-state index is -1.73. The zero-order valence-electron chi connectivity index (χ0n) is 28.0. The molecule has 1 aromatic rings. The third-order valence-electron chi connectivity index (χ3n) is 7.21. The first kappa shape index (κ1) is 42.5. The predicted molar refractivity (Wildman–Crippen MR) is 176 cm³/mol. The van der Waals surface area contributed by atoms with E-state index in [4.69, 9.17) is 22.9 Å². The lowest BCUT2D eigenvalue weighted by Gasteiger charge is -2.33. The molecule has 5 unspecified atom stereocenters. The average molecular weight is 710 g/mol. The number of aromatic hydroxyl groups is 2. The van der Waals surface area contributed by atoms with Crippen LogP contribution >= 0.6 is 0 Å². The van der Waals surface area contributed by atoms with E-state index >= 15 is 0 Å². The lowest BCUT2D eigenvalue weighted by Crippen LogP contribution is -2.61. The normalized spacial score (nSPS) is 14.1. The van der Waals surface area contributed by atoms with Gasteiger partial charge in [0.05, 0.1) is 18.6 Å². The van der Waals surface area contributed by atoms with Gasteiger partial charge in [0.1, 0.15) is 42.0 Å². The molecule has 0 saturated heterocycles. The number of carbonyl (C=O) groups excluding carboxylic acids is 6. The van der Waals surface area contributed by atoms with Crippen LogP contribution in [0.5, 0.6) is 11.5 Å². The molecule has 16 N–H and O–H groups in total. The Balaban J connectivity index is 3.41. The number of guanidine groups is 1. The van der Waals surface area contributed by atoms with Gasteiger partial charge in [-0.05, 0) is 48.9 Å². The standard InChI is InChI=1S/C30H47N9O11/c1-30(2,3)23(27(48)35-16(6-4-5-8-31)24(45)36-17(7-9-40)28(49)50)39-25(46)18(12-21(32)44)37-26(47)22(38-29(33)34)14-10-19(42)15(13-41)20(43)11-14/h9-11,16-18,22-23,41-43H,4-8,12-13,31H2,1-3H3,(H2,32,44)(H,35,48)(H,36,45)(H,37,47)(H,39,46)(H,49,50)(H4,33,34,38). The summed E-state index contributed by atoms with van der Waals surface area (Å²) >= 11 is 0. The molecule has 0 fully saturated rings. The molecule has 5 amide bonds. The summed E-state index contributed by atoms with van der Waals surface area (Å²) in [5.74, 6) is -8.30. The van der Waals surface area contributed by atoms with Crippen molar-refractivity contribution in [3.8, 4) is 11.5 Å². The highest BCUT2D eigenvalue weighted by Crippen LogP contribution is 2.33. The number of amides is 5. The first-order chi connectivity index (χ1) is 23.3. The third-order valence-corrected chi connectivity index (χ3v) is 7.21. The third kappa shape index (κ3) is 13.2. The number of unbranched alkanes of at least 4 members (excludes halogenated alkanes) is 1. The fraction of sp³-hybridized carbons (Fsp3) is 0.533. The summed E-state index contributed by atoms with van der Waals surface area (Å²) in [6.45, 7) is 4.22. The molecule has 0 spiro atoms. The second-order valence-electron chi connectivity index (χ2n) is 12.3. The number of hydrogen-bond donors (Lipinski definition) is 12. The number of aliphatic hydroxyl groups excluding tert-OH is 1. The van der Waals surface area contributed by atoms with Crippen molar-refractivity contribution in [1.29, 1.82) is 0 Å². The minimum Gasteiger partial charge on any atom is -0.507 e. The molecule has 50 heavy (non-hydrogen) atoms. The van der Waals surface area contributed by atoms with E-state index in [1.165, 1.54) is 0 Å². The van der Waals surface area contributed by atoms with E-state index in [0.717, 1.165) is 12.1 Å². The van der Waals surface area contributed by atoms with Crippen LogP contribution in [-0.2, 0) is 40.2 Å². The molecule has 0 radical (unpaired) electrons. The topological polar surface area (TPSA) is 365 Å². The van der Waals surface area contributed by atoms with Crippen LogP contribution in [0.4, 0.5) is 0 Å². The van der Waals surface area contributed by atoms with Gasteiger partial charge in [0.2, 0.25) is 29.5 Å². The molecule has 1 aromatic carbocycles. The number of hydrogen-bond acceptors (Lipinski definition) is 12. The number of rotatable bonds is 20. The Hall–Kier alpha value is -5.50. The number of nitrogens with one attached hydrogen (secondary N) is 4. The van der Waals surface area contributed by atoms with Crippen molar-refractivity contribution in [2.45, 2.75) is 89.7 Å². The van der Waals surface area contributed by atoms with Crippen LogP contribution < -0.4 is 44.2 Å². The summed E-state index contributed by atoms with van der Waals surface area (Å²) in [5, 5.41) is 48.6. The van der Waals surface area contributed by atoms with E-state index in [2.05, 4.69) is 26.3 Å². The summed E-state index contributed by atoms with van der Waals surface area (Å²) in [7, 11) is 0. The van der Waals surface area contributed by atoms with Crippen molar-refractivity contribution >= 4 is 47.8 Å². The lowest BCUT2D eigenvalue weighted by molar-refractivity contribution is -0.143. The highest BCUT2D eigenvalue weighted by molar-refractivity contribution is 5.98. The number of carboxylic acid groups (broad SMARTS) is 1. The van der Waals surface area contributed by atoms with Crippen LogP contribution in [0, 0.1) is 5.41 Å². The Morgan fingerprint density at radius 1 is 0.840 bits per heavy atom. The highest BCUT2D eigenvalue weighted by atomic mass is 16.4. The fourth-order valence-electron chi connectivity index (χ4n) is 4.60. The molecular formula is C30H47N9O11. The van der Waals surface area contributed by atoms with Crippen molar-refractivity contribution in [3.63, 3.8) is 0 Å². The highest BCUT2D eigenvalue weighted by Gasteiger charge is 2.38. The molecule has 1 rings (SSSR count). The van der Waals surface area contributed by atoms with Crippen LogP contribution in [0.25, 0.3) is 0 Å². The molecule has 0 aromatic heterocycles. The summed E-state index contributed by atoms with van der Waals surface area (Å²) < 4.78 is 0. The Morgan fingerprint density at radius 3 is 1.84 bits per heavy atom. The number of primary amides is 1. The molecule has 0 aliphatic heterocycles.